The molecule has 0 fully saturated rings. The minimum absolute atomic E-state index is 0.308. The molecule has 8 heteroatoms. The fourth-order valence-corrected chi connectivity index (χ4v) is 3.91. The Morgan fingerprint density at radius 2 is 1.83 bits per heavy atom. The van der Waals surface area contributed by atoms with E-state index in [0.717, 1.165) is 24.9 Å². The van der Waals surface area contributed by atoms with Gasteiger partial charge in [0.1, 0.15) is 18.1 Å². The normalized spacial score (nSPS) is 10.8. The number of nitrogens with one attached hydrogen (secondary N) is 1. The van der Waals surface area contributed by atoms with Crippen LogP contribution in [0.3, 0.4) is 0 Å². The summed E-state index contributed by atoms with van der Waals surface area (Å²) >= 11 is 7.95. The summed E-state index contributed by atoms with van der Waals surface area (Å²) in [4.78, 5) is 12.3. The second kappa shape index (κ2) is 11.1. The number of halogens is 3. The van der Waals surface area contributed by atoms with E-state index in [1.807, 2.05) is 36.4 Å². The average molecular weight is 691 g/mol. The zero-order valence-corrected chi connectivity index (χ0v) is 21.8. The molecule has 0 atom stereocenters. The van der Waals surface area contributed by atoms with Gasteiger partial charge in [0.05, 0.1) is 21.4 Å². The highest BCUT2D eigenvalue weighted by atomic mass is 127. The number of ether oxygens (including phenoxy) is 2. The minimum Gasteiger partial charge on any atom is -0.496 e. The predicted octanol–water partition coefficient (Wildman–Crippen LogP) is 6.01. The number of methoxy groups -OCH3 is 1. The van der Waals surface area contributed by atoms with Gasteiger partial charge in [0.2, 0.25) is 0 Å². The van der Waals surface area contributed by atoms with Crippen LogP contribution in [0.15, 0.2) is 70.2 Å². The van der Waals surface area contributed by atoms with Gasteiger partial charge in [-0.15, -0.1) is 0 Å². The molecule has 0 saturated carbocycles. The summed E-state index contributed by atoms with van der Waals surface area (Å²) in [5.41, 5.74) is 4.93. The highest BCUT2D eigenvalue weighted by Crippen LogP contribution is 2.26. The van der Waals surface area contributed by atoms with Gasteiger partial charge in [0.25, 0.3) is 5.91 Å². The Hall–Kier alpha value is -1.66. The molecule has 30 heavy (non-hydrogen) atoms. The van der Waals surface area contributed by atoms with Crippen LogP contribution in [0.2, 0.25) is 0 Å². The standard InChI is InChI=1S/C22H17BrI2N2O3/c1-29-21-11-16(5-8-19(21)25)22(28)27-26-12-15-4-9-20(18(23)10-15)30-13-14-2-6-17(24)7-3-14/h2-12H,13H2,1H3,(H,27,28)/b26-12-. The van der Waals surface area contributed by atoms with Crippen molar-refractivity contribution in [2.45, 2.75) is 6.61 Å². The lowest BCUT2D eigenvalue weighted by atomic mass is 10.2. The Morgan fingerprint density at radius 1 is 1.07 bits per heavy atom. The fraction of sp³-hybridized carbons (Fsp3) is 0.0909. The molecule has 0 aliphatic heterocycles. The Kier molecular flexibility index (Phi) is 8.51. The number of hydrazone groups is 1. The Bertz CT molecular complexity index is 1070. The van der Waals surface area contributed by atoms with Crippen molar-refractivity contribution in [3.8, 4) is 11.5 Å². The van der Waals surface area contributed by atoms with E-state index in [0.29, 0.717) is 17.9 Å². The lowest BCUT2D eigenvalue weighted by molar-refractivity contribution is 0.0954. The van der Waals surface area contributed by atoms with Crippen molar-refractivity contribution in [3.05, 3.63) is 89.0 Å². The molecule has 1 amide bonds. The van der Waals surface area contributed by atoms with Crippen LogP contribution in [0.5, 0.6) is 11.5 Å². The number of benzene rings is 3. The number of carbonyl (C=O) groups excluding carboxylic acids is 1. The van der Waals surface area contributed by atoms with Gasteiger partial charge in [-0.3, -0.25) is 4.79 Å². The number of hydrogen-bond acceptors (Lipinski definition) is 4. The zero-order chi connectivity index (χ0) is 21.5. The molecule has 0 aliphatic carbocycles. The quantitative estimate of drug-likeness (QED) is 0.188. The molecule has 0 heterocycles. The van der Waals surface area contributed by atoms with Gasteiger partial charge < -0.3 is 9.47 Å². The first-order valence-electron chi connectivity index (χ1n) is 8.80. The molecular weight excluding hydrogens is 674 g/mol. The van der Waals surface area contributed by atoms with Crippen LogP contribution >= 0.6 is 61.1 Å². The van der Waals surface area contributed by atoms with Gasteiger partial charge in [0, 0.05) is 9.13 Å². The van der Waals surface area contributed by atoms with E-state index >= 15 is 0 Å². The maximum absolute atomic E-state index is 12.3. The first kappa shape index (κ1) is 23.0. The van der Waals surface area contributed by atoms with E-state index in [1.54, 1.807) is 25.5 Å². The summed E-state index contributed by atoms with van der Waals surface area (Å²) in [5, 5.41) is 4.04. The summed E-state index contributed by atoms with van der Waals surface area (Å²) in [6.45, 7) is 0.485. The van der Waals surface area contributed by atoms with Gasteiger partial charge in [-0.05, 0) is 121 Å². The van der Waals surface area contributed by atoms with Crippen LogP contribution in [-0.2, 0) is 6.61 Å². The first-order chi connectivity index (χ1) is 14.5. The van der Waals surface area contributed by atoms with E-state index in [9.17, 15) is 4.79 Å². The van der Waals surface area contributed by atoms with Gasteiger partial charge in [-0.2, -0.15) is 5.10 Å². The van der Waals surface area contributed by atoms with Crippen LogP contribution in [-0.4, -0.2) is 19.2 Å². The van der Waals surface area contributed by atoms with Crippen molar-refractivity contribution >= 4 is 73.2 Å². The molecule has 0 spiro atoms. The Labute approximate surface area is 210 Å². The predicted molar refractivity (Wildman–Crippen MR) is 138 cm³/mol. The third-order valence-electron chi connectivity index (χ3n) is 4.06. The SMILES string of the molecule is COc1cc(C(=O)N/N=C\c2ccc(OCc3ccc(I)cc3)c(Br)c2)ccc1I. The molecule has 0 saturated heterocycles. The molecule has 5 nitrogen and oxygen atoms in total. The molecule has 3 aromatic rings. The van der Waals surface area contributed by atoms with Gasteiger partial charge in [-0.1, -0.05) is 12.1 Å². The molecular formula is C22H17BrI2N2O3. The maximum atomic E-state index is 12.3. The molecule has 0 aromatic heterocycles. The van der Waals surface area contributed by atoms with E-state index in [2.05, 4.69) is 83.8 Å². The van der Waals surface area contributed by atoms with Crippen LogP contribution in [0.1, 0.15) is 21.5 Å². The minimum atomic E-state index is -0.308. The van der Waals surface area contributed by atoms with Crippen LogP contribution in [0.4, 0.5) is 0 Å². The fourth-order valence-electron chi connectivity index (χ4n) is 2.49. The van der Waals surface area contributed by atoms with Crippen molar-refractivity contribution < 1.29 is 14.3 Å². The Balaban J connectivity index is 1.58. The van der Waals surface area contributed by atoms with Gasteiger partial charge >= 0.3 is 0 Å². The molecule has 0 bridgehead atoms. The van der Waals surface area contributed by atoms with Gasteiger partial charge in [0.15, 0.2) is 0 Å². The Morgan fingerprint density at radius 3 is 2.53 bits per heavy atom. The van der Waals surface area contributed by atoms with Crippen LogP contribution in [0.25, 0.3) is 0 Å². The summed E-state index contributed by atoms with van der Waals surface area (Å²) in [6, 6.07) is 19.0. The van der Waals surface area contributed by atoms with E-state index < -0.39 is 0 Å². The third-order valence-corrected chi connectivity index (χ3v) is 6.29. The zero-order valence-electron chi connectivity index (χ0n) is 15.9. The van der Waals surface area contributed by atoms with Crippen LogP contribution < -0.4 is 14.9 Å². The van der Waals surface area contributed by atoms with Crippen molar-refractivity contribution in [2.24, 2.45) is 5.10 Å². The lowest BCUT2D eigenvalue weighted by Gasteiger charge is -2.09. The molecule has 1 N–H and O–H groups in total. The number of nitrogens with zero attached hydrogens (tertiary/aromatic N) is 1. The molecule has 3 aromatic carbocycles. The molecule has 0 radical (unpaired) electrons. The monoisotopic (exact) mass is 690 g/mol. The van der Waals surface area contributed by atoms with Gasteiger partial charge in [-0.25, -0.2) is 5.43 Å². The number of rotatable bonds is 7. The third kappa shape index (κ3) is 6.42. The molecule has 0 aliphatic rings. The van der Waals surface area contributed by atoms with E-state index in [4.69, 9.17) is 9.47 Å². The van der Waals surface area contributed by atoms with Crippen molar-refractivity contribution in [1.82, 2.24) is 5.43 Å². The van der Waals surface area contributed by atoms with Crippen molar-refractivity contribution in [3.63, 3.8) is 0 Å². The van der Waals surface area contributed by atoms with Crippen LogP contribution in [0, 0.1) is 7.14 Å². The highest BCUT2D eigenvalue weighted by Gasteiger charge is 2.08. The summed E-state index contributed by atoms with van der Waals surface area (Å²) in [5.74, 6) is 1.08. The number of hydrogen-bond donors (Lipinski definition) is 1. The lowest BCUT2D eigenvalue weighted by Crippen LogP contribution is -2.17. The molecule has 3 rings (SSSR count). The van der Waals surface area contributed by atoms with E-state index in [-0.39, 0.29) is 5.91 Å². The summed E-state index contributed by atoms with van der Waals surface area (Å²) in [6.07, 6.45) is 1.58. The van der Waals surface area contributed by atoms with Crippen molar-refractivity contribution in [1.29, 1.82) is 0 Å². The smallest absolute Gasteiger partial charge is 0.271 e. The summed E-state index contributed by atoms with van der Waals surface area (Å²) in [7, 11) is 1.57. The number of carbonyl (C=O) groups is 1. The topological polar surface area (TPSA) is 59.9 Å². The molecule has 154 valence electrons. The average Bonchev–Trinajstić information content (AvgIpc) is 2.74. The summed E-state index contributed by atoms with van der Waals surface area (Å²) < 4.78 is 14.1. The largest absolute Gasteiger partial charge is 0.496 e. The maximum Gasteiger partial charge on any atom is 0.271 e. The highest BCUT2D eigenvalue weighted by molar-refractivity contribution is 14.1. The van der Waals surface area contributed by atoms with Crippen molar-refractivity contribution in [2.75, 3.05) is 7.11 Å². The van der Waals surface area contributed by atoms with E-state index in [1.165, 1.54) is 3.57 Å². The molecule has 0 unspecified atom stereocenters. The first-order valence-corrected chi connectivity index (χ1v) is 11.7. The second-order valence-electron chi connectivity index (χ2n) is 6.15. The second-order valence-corrected chi connectivity index (χ2v) is 9.42. The number of amides is 1.